The summed E-state index contributed by atoms with van der Waals surface area (Å²) >= 11 is 0. The van der Waals surface area contributed by atoms with Crippen molar-refractivity contribution in [3.63, 3.8) is 0 Å². The Bertz CT molecular complexity index is 261. The summed E-state index contributed by atoms with van der Waals surface area (Å²) in [4.78, 5) is 0. The first-order valence-corrected chi connectivity index (χ1v) is 8.44. The number of hydrogen-bond donors (Lipinski definition) is 0. The molecule has 0 aromatic heterocycles. The van der Waals surface area contributed by atoms with Crippen LogP contribution in [0.2, 0.25) is 0 Å². The molecular formula is C17H32O3. The lowest BCUT2D eigenvalue weighted by molar-refractivity contribution is -0.0985. The minimum atomic E-state index is 0.300. The minimum absolute atomic E-state index is 0.300. The zero-order valence-electron chi connectivity index (χ0n) is 13.5. The summed E-state index contributed by atoms with van der Waals surface area (Å²) in [6.45, 7) is 10.2. The van der Waals surface area contributed by atoms with Gasteiger partial charge >= 0.3 is 0 Å². The van der Waals surface area contributed by atoms with Gasteiger partial charge in [-0.25, -0.2) is 0 Å². The molecule has 4 unspecified atom stereocenters. The van der Waals surface area contributed by atoms with Gasteiger partial charge in [0.25, 0.3) is 0 Å². The van der Waals surface area contributed by atoms with E-state index in [0.717, 1.165) is 44.7 Å². The lowest BCUT2D eigenvalue weighted by atomic mass is 9.84. The van der Waals surface area contributed by atoms with Crippen LogP contribution < -0.4 is 0 Å². The smallest absolute Gasteiger partial charge is 0.0812 e. The molecule has 3 heteroatoms. The van der Waals surface area contributed by atoms with Gasteiger partial charge in [0.15, 0.2) is 0 Å². The van der Waals surface area contributed by atoms with Gasteiger partial charge in [-0.1, -0.05) is 20.8 Å². The molecule has 0 N–H and O–H groups in total. The molecule has 3 nitrogen and oxygen atoms in total. The van der Waals surface area contributed by atoms with Crippen LogP contribution >= 0.6 is 0 Å². The lowest BCUT2D eigenvalue weighted by Crippen LogP contribution is -2.32. The highest BCUT2D eigenvalue weighted by Crippen LogP contribution is 2.30. The van der Waals surface area contributed by atoms with Gasteiger partial charge in [-0.3, -0.25) is 0 Å². The van der Waals surface area contributed by atoms with Crippen molar-refractivity contribution in [3.8, 4) is 0 Å². The molecule has 0 aromatic carbocycles. The molecule has 20 heavy (non-hydrogen) atoms. The van der Waals surface area contributed by atoms with Gasteiger partial charge in [-0.2, -0.15) is 0 Å². The minimum Gasteiger partial charge on any atom is -0.378 e. The molecule has 0 saturated carbocycles. The van der Waals surface area contributed by atoms with E-state index in [1.807, 2.05) is 0 Å². The number of ether oxygens (including phenoxy) is 3. The van der Waals surface area contributed by atoms with Crippen molar-refractivity contribution in [2.24, 2.45) is 17.8 Å². The van der Waals surface area contributed by atoms with Crippen molar-refractivity contribution in [3.05, 3.63) is 0 Å². The van der Waals surface area contributed by atoms with Crippen LogP contribution in [0, 0.1) is 17.8 Å². The standard InChI is InChI=1S/C17H32O3/c1-13(2)8-15-4-5-19-16(11-15)9-14(3)10-17-12-18-6-7-20-17/h13-17H,4-12H2,1-3H3. The highest BCUT2D eigenvalue weighted by atomic mass is 16.6. The second-order valence-corrected chi connectivity index (χ2v) is 7.16. The quantitative estimate of drug-likeness (QED) is 0.745. The van der Waals surface area contributed by atoms with Crippen molar-refractivity contribution in [2.45, 2.75) is 65.1 Å². The van der Waals surface area contributed by atoms with Crippen LogP contribution in [0.25, 0.3) is 0 Å². The summed E-state index contributed by atoms with van der Waals surface area (Å²) < 4.78 is 17.2. The molecule has 2 fully saturated rings. The van der Waals surface area contributed by atoms with Gasteiger partial charge in [0.1, 0.15) is 0 Å². The van der Waals surface area contributed by atoms with Gasteiger partial charge in [0.2, 0.25) is 0 Å². The second-order valence-electron chi connectivity index (χ2n) is 7.16. The Kier molecular flexibility index (Phi) is 6.79. The highest BCUT2D eigenvalue weighted by molar-refractivity contribution is 4.76. The molecule has 2 rings (SSSR count). The van der Waals surface area contributed by atoms with Gasteiger partial charge in [0, 0.05) is 6.61 Å². The number of hydrogen-bond acceptors (Lipinski definition) is 3. The SMILES string of the molecule is CC(C)CC1CCOC(CC(C)CC2COCCO2)C1. The lowest BCUT2D eigenvalue weighted by Gasteiger charge is -2.33. The van der Waals surface area contributed by atoms with Crippen molar-refractivity contribution in [1.82, 2.24) is 0 Å². The summed E-state index contributed by atoms with van der Waals surface area (Å²) in [5.74, 6) is 2.34. The summed E-state index contributed by atoms with van der Waals surface area (Å²) in [7, 11) is 0. The van der Waals surface area contributed by atoms with Crippen molar-refractivity contribution in [2.75, 3.05) is 26.4 Å². The van der Waals surface area contributed by atoms with Crippen LogP contribution in [-0.4, -0.2) is 38.6 Å². The molecule has 118 valence electrons. The molecule has 2 heterocycles. The van der Waals surface area contributed by atoms with Crippen LogP contribution in [-0.2, 0) is 14.2 Å². The van der Waals surface area contributed by atoms with E-state index in [1.165, 1.54) is 25.7 Å². The first kappa shape index (κ1) is 16.3. The Balaban J connectivity index is 1.68. The predicted molar refractivity (Wildman–Crippen MR) is 80.9 cm³/mol. The average Bonchev–Trinajstić information content (AvgIpc) is 2.39. The van der Waals surface area contributed by atoms with Gasteiger partial charge in [-0.05, 0) is 49.9 Å². The Labute approximate surface area is 124 Å². The van der Waals surface area contributed by atoms with Gasteiger partial charge in [0.05, 0.1) is 32.0 Å². The van der Waals surface area contributed by atoms with E-state index in [9.17, 15) is 0 Å². The molecule has 0 radical (unpaired) electrons. The number of rotatable bonds is 6. The van der Waals surface area contributed by atoms with Gasteiger partial charge in [-0.15, -0.1) is 0 Å². The van der Waals surface area contributed by atoms with E-state index < -0.39 is 0 Å². The van der Waals surface area contributed by atoms with Crippen LogP contribution in [0.4, 0.5) is 0 Å². The zero-order chi connectivity index (χ0) is 14.4. The third-order valence-corrected chi connectivity index (χ3v) is 4.50. The Morgan fingerprint density at radius 2 is 1.65 bits per heavy atom. The maximum atomic E-state index is 5.98. The fourth-order valence-corrected chi connectivity index (χ4v) is 3.67. The molecule has 0 aromatic rings. The van der Waals surface area contributed by atoms with E-state index in [2.05, 4.69) is 20.8 Å². The topological polar surface area (TPSA) is 27.7 Å². The largest absolute Gasteiger partial charge is 0.378 e. The molecule has 2 aliphatic heterocycles. The van der Waals surface area contributed by atoms with Crippen LogP contribution in [0.3, 0.4) is 0 Å². The van der Waals surface area contributed by atoms with E-state index in [4.69, 9.17) is 14.2 Å². The molecule has 0 spiro atoms. The predicted octanol–water partition coefficient (Wildman–Crippen LogP) is 3.66. The molecule has 0 bridgehead atoms. The summed E-state index contributed by atoms with van der Waals surface area (Å²) in [5, 5.41) is 0. The molecule has 4 atom stereocenters. The maximum absolute atomic E-state index is 5.98. The zero-order valence-corrected chi connectivity index (χ0v) is 13.5. The highest BCUT2D eigenvalue weighted by Gasteiger charge is 2.26. The third kappa shape index (κ3) is 5.71. The average molecular weight is 284 g/mol. The van der Waals surface area contributed by atoms with Gasteiger partial charge < -0.3 is 14.2 Å². The van der Waals surface area contributed by atoms with Crippen molar-refractivity contribution in [1.29, 1.82) is 0 Å². The monoisotopic (exact) mass is 284 g/mol. The Morgan fingerprint density at radius 3 is 2.35 bits per heavy atom. The van der Waals surface area contributed by atoms with E-state index in [0.29, 0.717) is 18.1 Å². The Morgan fingerprint density at radius 1 is 0.900 bits per heavy atom. The normalized spacial score (nSPS) is 33.3. The van der Waals surface area contributed by atoms with E-state index in [-0.39, 0.29) is 0 Å². The molecule has 2 aliphatic rings. The van der Waals surface area contributed by atoms with Crippen molar-refractivity contribution < 1.29 is 14.2 Å². The van der Waals surface area contributed by atoms with Crippen LogP contribution in [0.15, 0.2) is 0 Å². The summed E-state index contributed by atoms with van der Waals surface area (Å²) in [5.41, 5.74) is 0. The first-order chi connectivity index (χ1) is 9.63. The molecular weight excluding hydrogens is 252 g/mol. The Hall–Kier alpha value is -0.120. The fourth-order valence-electron chi connectivity index (χ4n) is 3.67. The van der Waals surface area contributed by atoms with E-state index >= 15 is 0 Å². The molecule has 2 saturated heterocycles. The van der Waals surface area contributed by atoms with Crippen LogP contribution in [0.1, 0.15) is 52.9 Å². The summed E-state index contributed by atoms with van der Waals surface area (Å²) in [6, 6.07) is 0. The first-order valence-electron chi connectivity index (χ1n) is 8.44. The van der Waals surface area contributed by atoms with Crippen molar-refractivity contribution >= 4 is 0 Å². The second kappa shape index (κ2) is 8.35. The summed E-state index contributed by atoms with van der Waals surface area (Å²) in [6.07, 6.45) is 6.91. The molecule has 0 aliphatic carbocycles. The third-order valence-electron chi connectivity index (χ3n) is 4.50. The fraction of sp³-hybridized carbons (Fsp3) is 1.00. The van der Waals surface area contributed by atoms with Crippen LogP contribution in [0.5, 0.6) is 0 Å². The van der Waals surface area contributed by atoms with E-state index in [1.54, 1.807) is 0 Å². The maximum Gasteiger partial charge on any atom is 0.0812 e. The molecule has 0 amide bonds.